The summed E-state index contributed by atoms with van der Waals surface area (Å²) in [5.41, 5.74) is 3.00. The second-order valence-electron chi connectivity index (χ2n) is 3.68. The second kappa shape index (κ2) is 4.49. The molecule has 0 aliphatic carbocycles. The molecule has 2 rings (SSSR count). The highest BCUT2D eigenvalue weighted by Gasteiger charge is 2.09. The van der Waals surface area contributed by atoms with Gasteiger partial charge in [-0.05, 0) is 36.2 Å². The molecule has 0 aliphatic rings. The third kappa shape index (κ3) is 2.30. The van der Waals surface area contributed by atoms with Crippen molar-refractivity contribution in [2.45, 2.75) is 20.3 Å². The smallest absolute Gasteiger partial charge is 0.230 e. The summed E-state index contributed by atoms with van der Waals surface area (Å²) in [4.78, 5) is 11.7. The molecule has 16 heavy (non-hydrogen) atoms. The summed E-state index contributed by atoms with van der Waals surface area (Å²) in [5.74, 6) is 0.589. The molecular weight excluding hydrogens is 222 g/mol. The average Bonchev–Trinajstić information content (AvgIpc) is 2.83. The van der Waals surface area contributed by atoms with Crippen LogP contribution in [0.25, 0.3) is 0 Å². The minimum Gasteiger partial charge on any atom is -0.309 e. The summed E-state index contributed by atoms with van der Waals surface area (Å²) in [5, 5.41) is 13.6. The molecule has 0 radical (unpaired) electrons. The molecule has 1 amide bonds. The second-order valence-corrected chi connectivity index (χ2v) is 4.46. The van der Waals surface area contributed by atoms with Crippen molar-refractivity contribution in [2.75, 3.05) is 5.32 Å². The molecule has 0 aliphatic heterocycles. The lowest BCUT2D eigenvalue weighted by Gasteiger charge is -2.01. The van der Waals surface area contributed by atoms with Gasteiger partial charge in [-0.25, -0.2) is 0 Å². The van der Waals surface area contributed by atoms with E-state index < -0.39 is 0 Å². The van der Waals surface area contributed by atoms with E-state index in [-0.39, 0.29) is 5.91 Å². The number of carbonyl (C=O) groups excluding carboxylic acids is 1. The van der Waals surface area contributed by atoms with Crippen LogP contribution in [0.2, 0.25) is 0 Å². The Labute approximate surface area is 97.7 Å². The van der Waals surface area contributed by atoms with Gasteiger partial charge in [0.1, 0.15) is 0 Å². The van der Waals surface area contributed by atoms with Crippen molar-refractivity contribution >= 4 is 23.1 Å². The first kappa shape index (κ1) is 10.9. The van der Waals surface area contributed by atoms with Gasteiger partial charge in [0.25, 0.3) is 0 Å². The van der Waals surface area contributed by atoms with Gasteiger partial charge in [-0.1, -0.05) is 0 Å². The molecule has 84 valence electrons. The summed E-state index contributed by atoms with van der Waals surface area (Å²) < 4.78 is 0. The number of anilines is 1. The normalized spacial score (nSPS) is 10.4. The highest BCUT2D eigenvalue weighted by Crippen LogP contribution is 2.14. The van der Waals surface area contributed by atoms with Crippen LogP contribution in [0.5, 0.6) is 0 Å². The zero-order valence-corrected chi connectivity index (χ0v) is 10.0. The number of hydrogen-bond donors (Lipinski definition) is 2. The molecule has 0 unspecified atom stereocenters. The predicted molar refractivity (Wildman–Crippen MR) is 64.7 cm³/mol. The highest BCUT2D eigenvalue weighted by atomic mass is 32.1. The van der Waals surface area contributed by atoms with Crippen LogP contribution in [0.4, 0.5) is 5.82 Å². The quantitative estimate of drug-likeness (QED) is 0.857. The molecule has 4 nitrogen and oxygen atoms in total. The van der Waals surface area contributed by atoms with Crippen LogP contribution in [0, 0.1) is 13.8 Å². The van der Waals surface area contributed by atoms with Crippen molar-refractivity contribution in [3.8, 4) is 0 Å². The molecule has 2 aromatic heterocycles. The van der Waals surface area contributed by atoms with Crippen molar-refractivity contribution in [2.24, 2.45) is 0 Å². The molecule has 0 saturated heterocycles. The number of thiophene rings is 1. The van der Waals surface area contributed by atoms with Crippen LogP contribution >= 0.6 is 11.3 Å². The van der Waals surface area contributed by atoms with Crippen molar-refractivity contribution in [1.29, 1.82) is 0 Å². The van der Waals surface area contributed by atoms with Crippen molar-refractivity contribution in [1.82, 2.24) is 10.2 Å². The topological polar surface area (TPSA) is 57.8 Å². The van der Waals surface area contributed by atoms with Crippen LogP contribution in [-0.2, 0) is 11.2 Å². The van der Waals surface area contributed by atoms with Gasteiger partial charge in [-0.15, -0.1) is 0 Å². The molecule has 0 saturated carbocycles. The molecule has 0 fully saturated rings. The minimum atomic E-state index is -0.0343. The molecule has 0 aromatic carbocycles. The van der Waals surface area contributed by atoms with E-state index in [1.165, 1.54) is 0 Å². The van der Waals surface area contributed by atoms with Crippen LogP contribution < -0.4 is 5.32 Å². The Morgan fingerprint density at radius 3 is 2.94 bits per heavy atom. The summed E-state index contributed by atoms with van der Waals surface area (Å²) in [6.07, 6.45) is 0.398. The summed E-state index contributed by atoms with van der Waals surface area (Å²) in [7, 11) is 0. The van der Waals surface area contributed by atoms with Crippen LogP contribution in [-0.4, -0.2) is 16.1 Å². The van der Waals surface area contributed by atoms with E-state index in [0.717, 1.165) is 16.8 Å². The third-order valence-corrected chi connectivity index (χ3v) is 3.19. The molecule has 5 heteroatoms. The Bertz CT molecular complexity index is 487. The lowest BCUT2D eigenvalue weighted by molar-refractivity contribution is -0.115. The lowest BCUT2D eigenvalue weighted by atomic mass is 10.2. The zero-order valence-electron chi connectivity index (χ0n) is 9.20. The van der Waals surface area contributed by atoms with E-state index in [0.29, 0.717) is 12.2 Å². The Kier molecular flexibility index (Phi) is 3.05. The predicted octanol–water partition coefficient (Wildman–Crippen LogP) is 2.27. The maximum absolute atomic E-state index is 11.7. The Hall–Kier alpha value is -1.62. The fourth-order valence-electron chi connectivity index (χ4n) is 1.36. The van der Waals surface area contributed by atoms with Gasteiger partial charge in [0.05, 0.1) is 6.42 Å². The summed E-state index contributed by atoms with van der Waals surface area (Å²) in [6.45, 7) is 3.86. The fourth-order valence-corrected chi connectivity index (χ4v) is 2.03. The molecule has 0 atom stereocenters. The first-order chi connectivity index (χ1) is 7.66. The number of nitrogens with one attached hydrogen (secondary N) is 2. The van der Waals surface area contributed by atoms with Crippen molar-refractivity contribution in [3.05, 3.63) is 33.6 Å². The van der Waals surface area contributed by atoms with E-state index in [4.69, 9.17) is 0 Å². The molecule has 0 bridgehead atoms. The van der Waals surface area contributed by atoms with Crippen LogP contribution in [0.1, 0.15) is 16.8 Å². The minimum absolute atomic E-state index is 0.0343. The number of hydrogen-bond acceptors (Lipinski definition) is 3. The Balaban J connectivity index is 2.00. The molecule has 2 heterocycles. The Morgan fingerprint density at radius 2 is 2.38 bits per heavy atom. The summed E-state index contributed by atoms with van der Waals surface area (Å²) in [6, 6.07) is 1.95. The number of H-pyrrole nitrogens is 1. The lowest BCUT2D eigenvalue weighted by Crippen LogP contribution is -2.14. The standard InChI is InChI=1S/C11H13N3OS/c1-7-8(2)13-14-11(7)12-10(15)5-9-3-4-16-6-9/h3-4,6H,5H2,1-2H3,(H2,12,13,14,15). The number of rotatable bonds is 3. The van der Waals surface area contributed by atoms with Crippen LogP contribution in [0.3, 0.4) is 0 Å². The number of amides is 1. The van der Waals surface area contributed by atoms with E-state index >= 15 is 0 Å². The van der Waals surface area contributed by atoms with Gasteiger partial charge in [0.2, 0.25) is 5.91 Å². The van der Waals surface area contributed by atoms with Gasteiger partial charge < -0.3 is 5.32 Å². The van der Waals surface area contributed by atoms with Crippen molar-refractivity contribution < 1.29 is 4.79 Å². The average molecular weight is 235 g/mol. The molecule has 2 aromatic rings. The first-order valence-electron chi connectivity index (χ1n) is 4.99. The molecular formula is C11H13N3OS. The fraction of sp³-hybridized carbons (Fsp3) is 0.273. The van der Waals surface area contributed by atoms with Gasteiger partial charge >= 0.3 is 0 Å². The summed E-state index contributed by atoms with van der Waals surface area (Å²) >= 11 is 1.59. The number of aromatic nitrogens is 2. The van der Waals surface area contributed by atoms with Crippen LogP contribution in [0.15, 0.2) is 16.8 Å². The van der Waals surface area contributed by atoms with Gasteiger partial charge in [0, 0.05) is 11.3 Å². The van der Waals surface area contributed by atoms with E-state index in [2.05, 4.69) is 15.5 Å². The first-order valence-corrected chi connectivity index (χ1v) is 5.93. The number of aromatic amines is 1. The SMILES string of the molecule is Cc1[nH]nc(NC(=O)Cc2ccsc2)c1C. The van der Waals surface area contributed by atoms with Gasteiger partial charge in [0.15, 0.2) is 5.82 Å². The highest BCUT2D eigenvalue weighted by molar-refractivity contribution is 7.08. The molecule has 0 spiro atoms. The molecule has 2 N–H and O–H groups in total. The largest absolute Gasteiger partial charge is 0.309 e. The maximum atomic E-state index is 11.7. The maximum Gasteiger partial charge on any atom is 0.230 e. The third-order valence-electron chi connectivity index (χ3n) is 2.46. The Morgan fingerprint density at radius 1 is 1.56 bits per heavy atom. The zero-order chi connectivity index (χ0) is 11.5. The van der Waals surface area contributed by atoms with Gasteiger partial charge in [-0.3, -0.25) is 9.89 Å². The number of aryl methyl sites for hydroxylation is 1. The van der Waals surface area contributed by atoms with Gasteiger partial charge in [-0.2, -0.15) is 16.4 Å². The van der Waals surface area contributed by atoms with E-state index in [1.807, 2.05) is 30.7 Å². The van der Waals surface area contributed by atoms with E-state index in [1.54, 1.807) is 11.3 Å². The van der Waals surface area contributed by atoms with E-state index in [9.17, 15) is 4.79 Å². The monoisotopic (exact) mass is 235 g/mol. The number of carbonyl (C=O) groups is 1. The van der Waals surface area contributed by atoms with Crippen molar-refractivity contribution in [3.63, 3.8) is 0 Å². The number of nitrogens with zero attached hydrogens (tertiary/aromatic N) is 1.